The molecular formula is C15H21N3OS. The highest BCUT2D eigenvalue weighted by Crippen LogP contribution is 2.29. The molecule has 0 bridgehead atoms. The number of aromatic nitrogens is 1. The van der Waals surface area contributed by atoms with E-state index in [4.69, 9.17) is 5.11 Å². The summed E-state index contributed by atoms with van der Waals surface area (Å²) in [5, 5.41) is 10.1. The van der Waals surface area contributed by atoms with E-state index in [-0.39, 0.29) is 0 Å². The highest BCUT2D eigenvalue weighted by molar-refractivity contribution is 7.13. The zero-order valence-electron chi connectivity index (χ0n) is 11.7. The first-order chi connectivity index (χ1) is 9.88. The second kappa shape index (κ2) is 6.52. The minimum Gasteiger partial charge on any atom is -0.396 e. The van der Waals surface area contributed by atoms with Crippen molar-refractivity contribution in [3.05, 3.63) is 24.3 Å². The zero-order chi connectivity index (χ0) is 13.8. The lowest BCUT2D eigenvalue weighted by Gasteiger charge is -2.35. The fraction of sp³-hybridized carbons (Fsp3) is 0.533. The second-order valence-corrected chi connectivity index (χ2v) is 6.07. The van der Waals surface area contributed by atoms with Gasteiger partial charge >= 0.3 is 0 Å². The number of hydrogen-bond acceptors (Lipinski definition) is 5. The van der Waals surface area contributed by atoms with E-state index in [1.54, 1.807) is 11.5 Å². The van der Waals surface area contributed by atoms with Crippen LogP contribution < -0.4 is 4.90 Å². The molecule has 0 amide bonds. The quantitative estimate of drug-likeness (QED) is 0.857. The number of aliphatic hydroxyl groups excluding tert-OH is 1. The zero-order valence-corrected chi connectivity index (χ0v) is 12.5. The maximum Gasteiger partial charge on any atom is 0.150 e. The van der Waals surface area contributed by atoms with Crippen molar-refractivity contribution in [2.75, 3.05) is 44.2 Å². The van der Waals surface area contributed by atoms with Gasteiger partial charge in [-0.3, -0.25) is 4.90 Å². The van der Waals surface area contributed by atoms with Crippen LogP contribution in [0.3, 0.4) is 0 Å². The Morgan fingerprint density at radius 3 is 2.70 bits per heavy atom. The number of aliphatic hydroxyl groups is 1. The summed E-state index contributed by atoms with van der Waals surface area (Å²) >= 11 is 1.59. The molecular weight excluding hydrogens is 270 g/mol. The summed E-state index contributed by atoms with van der Waals surface area (Å²) in [6, 6.07) is 8.47. The molecule has 5 heteroatoms. The number of rotatable bonds is 5. The molecule has 0 atom stereocenters. The molecule has 1 N–H and O–H groups in total. The number of anilines is 1. The first-order valence-electron chi connectivity index (χ1n) is 7.31. The molecule has 1 aliphatic rings. The van der Waals surface area contributed by atoms with Crippen molar-refractivity contribution in [2.45, 2.75) is 12.8 Å². The molecule has 1 saturated heterocycles. The molecule has 0 radical (unpaired) electrons. The van der Waals surface area contributed by atoms with E-state index < -0.39 is 0 Å². The van der Waals surface area contributed by atoms with Crippen molar-refractivity contribution in [1.29, 1.82) is 0 Å². The molecule has 1 aliphatic heterocycles. The van der Waals surface area contributed by atoms with Gasteiger partial charge in [0.25, 0.3) is 0 Å². The van der Waals surface area contributed by atoms with Gasteiger partial charge in [-0.15, -0.1) is 0 Å². The number of nitrogens with zero attached hydrogens (tertiary/aromatic N) is 3. The highest BCUT2D eigenvalue weighted by atomic mass is 32.1. The molecule has 3 rings (SSSR count). The normalized spacial score (nSPS) is 16.9. The van der Waals surface area contributed by atoms with E-state index in [0.717, 1.165) is 51.4 Å². The van der Waals surface area contributed by atoms with Crippen LogP contribution in [0.25, 0.3) is 10.1 Å². The Balaban J connectivity index is 1.60. The lowest BCUT2D eigenvalue weighted by atomic mass is 10.2. The maximum absolute atomic E-state index is 8.83. The van der Waals surface area contributed by atoms with Crippen LogP contribution in [0, 0.1) is 0 Å². The molecule has 1 aromatic carbocycles. The molecule has 0 spiro atoms. The molecule has 2 aromatic rings. The van der Waals surface area contributed by atoms with Crippen molar-refractivity contribution < 1.29 is 5.11 Å². The van der Waals surface area contributed by atoms with Gasteiger partial charge in [-0.05, 0) is 43.1 Å². The van der Waals surface area contributed by atoms with Crippen molar-refractivity contribution in [3.8, 4) is 0 Å². The third-order valence-corrected chi connectivity index (χ3v) is 4.73. The SMILES string of the molecule is OCCCCN1CCN(c2nsc3ccccc23)CC1. The Morgan fingerprint density at radius 1 is 1.10 bits per heavy atom. The van der Waals surface area contributed by atoms with Crippen molar-refractivity contribution in [2.24, 2.45) is 0 Å². The second-order valence-electron chi connectivity index (χ2n) is 5.26. The monoisotopic (exact) mass is 291 g/mol. The van der Waals surface area contributed by atoms with Crippen molar-refractivity contribution in [3.63, 3.8) is 0 Å². The fourth-order valence-corrected chi connectivity index (χ4v) is 3.53. The standard InChI is InChI=1S/C15H21N3OS/c19-12-4-3-7-17-8-10-18(11-9-17)15-13-5-1-2-6-14(13)20-16-15/h1-2,5-6,19H,3-4,7-12H2. The van der Waals surface area contributed by atoms with Crippen LogP contribution in [0.2, 0.25) is 0 Å². The molecule has 1 fully saturated rings. The van der Waals surface area contributed by atoms with Gasteiger partial charge < -0.3 is 10.0 Å². The van der Waals surface area contributed by atoms with Crippen LogP contribution in [-0.4, -0.2) is 53.7 Å². The number of piperazine rings is 1. The lowest BCUT2D eigenvalue weighted by molar-refractivity contribution is 0.232. The van der Waals surface area contributed by atoms with E-state index in [1.807, 2.05) is 0 Å². The van der Waals surface area contributed by atoms with E-state index in [2.05, 4.69) is 38.4 Å². The Kier molecular flexibility index (Phi) is 4.50. The van der Waals surface area contributed by atoms with E-state index >= 15 is 0 Å². The number of fused-ring (bicyclic) bond motifs is 1. The van der Waals surface area contributed by atoms with Crippen LogP contribution in [0.1, 0.15) is 12.8 Å². The predicted octanol–water partition coefficient (Wildman–Crippen LogP) is 2.19. The van der Waals surface area contributed by atoms with Gasteiger partial charge in [0.15, 0.2) is 0 Å². The largest absolute Gasteiger partial charge is 0.396 e. The summed E-state index contributed by atoms with van der Waals surface area (Å²) in [5.41, 5.74) is 0. The third-order valence-electron chi connectivity index (χ3n) is 3.91. The minimum absolute atomic E-state index is 0.310. The molecule has 2 heterocycles. The Morgan fingerprint density at radius 2 is 1.90 bits per heavy atom. The summed E-state index contributed by atoms with van der Waals surface area (Å²) < 4.78 is 5.91. The summed E-state index contributed by atoms with van der Waals surface area (Å²) in [4.78, 5) is 4.89. The average molecular weight is 291 g/mol. The Hall–Kier alpha value is -1.17. The Bertz CT molecular complexity index is 549. The van der Waals surface area contributed by atoms with Gasteiger partial charge in [-0.25, -0.2) is 0 Å². The summed E-state index contributed by atoms with van der Waals surface area (Å²) in [6.07, 6.45) is 2.01. The maximum atomic E-state index is 8.83. The van der Waals surface area contributed by atoms with Crippen LogP contribution in [0.15, 0.2) is 24.3 Å². The van der Waals surface area contributed by atoms with Crippen LogP contribution in [0.4, 0.5) is 5.82 Å². The summed E-state index contributed by atoms with van der Waals surface area (Å²) in [5.74, 6) is 1.15. The van der Waals surface area contributed by atoms with Crippen LogP contribution in [0.5, 0.6) is 0 Å². The summed E-state index contributed by atoms with van der Waals surface area (Å²) in [7, 11) is 0. The van der Waals surface area contributed by atoms with Gasteiger partial charge in [0.1, 0.15) is 5.82 Å². The smallest absolute Gasteiger partial charge is 0.150 e. The van der Waals surface area contributed by atoms with Gasteiger partial charge in [-0.1, -0.05) is 12.1 Å². The molecule has 0 aliphatic carbocycles. The number of benzene rings is 1. The topological polar surface area (TPSA) is 39.6 Å². The lowest BCUT2D eigenvalue weighted by Crippen LogP contribution is -2.46. The molecule has 20 heavy (non-hydrogen) atoms. The van der Waals surface area contributed by atoms with Gasteiger partial charge in [0, 0.05) is 38.2 Å². The summed E-state index contributed by atoms with van der Waals surface area (Å²) in [6.45, 7) is 5.70. The molecule has 108 valence electrons. The van der Waals surface area contributed by atoms with E-state index in [1.165, 1.54) is 10.1 Å². The third kappa shape index (κ3) is 2.95. The van der Waals surface area contributed by atoms with E-state index in [0.29, 0.717) is 6.61 Å². The molecule has 4 nitrogen and oxygen atoms in total. The van der Waals surface area contributed by atoms with E-state index in [9.17, 15) is 0 Å². The highest BCUT2D eigenvalue weighted by Gasteiger charge is 2.20. The van der Waals surface area contributed by atoms with Crippen LogP contribution in [-0.2, 0) is 0 Å². The number of hydrogen-bond donors (Lipinski definition) is 1. The average Bonchev–Trinajstić information content (AvgIpc) is 2.92. The predicted molar refractivity (Wildman–Crippen MR) is 84.6 cm³/mol. The van der Waals surface area contributed by atoms with Gasteiger partial charge in [0.05, 0.1) is 4.70 Å². The number of unbranched alkanes of at least 4 members (excludes halogenated alkanes) is 1. The molecule has 1 aromatic heterocycles. The van der Waals surface area contributed by atoms with Gasteiger partial charge in [-0.2, -0.15) is 4.37 Å². The fourth-order valence-electron chi connectivity index (χ4n) is 2.73. The first-order valence-corrected chi connectivity index (χ1v) is 8.08. The van der Waals surface area contributed by atoms with Crippen molar-refractivity contribution >= 4 is 27.4 Å². The van der Waals surface area contributed by atoms with Gasteiger partial charge in [0.2, 0.25) is 0 Å². The molecule has 0 saturated carbocycles. The first kappa shape index (κ1) is 13.8. The minimum atomic E-state index is 0.310. The van der Waals surface area contributed by atoms with Crippen molar-refractivity contribution in [1.82, 2.24) is 9.27 Å². The Labute approximate surface area is 123 Å². The molecule has 0 unspecified atom stereocenters. The van der Waals surface area contributed by atoms with Crippen LogP contribution >= 0.6 is 11.5 Å².